The molecule has 1 aliphatic rings. The number of benzene rings is 2. The van der Waals surface area contributed by atoms with E-state index in [1.165, 1.54) is 11.8 Å². The van der Waals surface area contributed by atoms with Crippen molar-refractivity contribution in [1.82, 2.24) is 5.32 Å². The third-order valence-electron chi connectivity index (χ3n) is 4.09. The first-order chi connectivity index (χ1) is 14.5. The summed E-state index contributed by atoms with van der Waals surface area (Å²) in [7, 11) is 1.56. The molecule has 2 aromatic rings. The van der Waals surface area contributed by atoms with Gasteiger partial charge in [-0.1, -0.05) is 47.6 Å². The van der Waals surface area contributed by atoms with Gasteiger partial charge >= 0.3 is 0 Å². The van der Waals surface area contributed by atoms with Gasteiger partial charge in [-0.05, 0) is 53.9 Å². The number of carbonyl (C=O) groups excluding carboxylic acids is 1. The fraction of sp³-hybridized carbons (Fsp3) is 0.190. The second kappa shape index (κ2) is 10.5. The smallest absolute Gasteiger partial charge is 0.239 e. The van der Waals surface area contributed by atoms with E-state index in [0.717, 1.165) is 11.1 Å². The Morgan fingerprint density at radius 3 is 2.83 bits per heavy atom. The maximum absolute atomic E-state index is 12.2. The van der Waals surface area contributed by atoms with Crippen LogP contribution in [0, 0.1) is 0 Å². The van der Waals surface area contributed by atoms with Gasteiger partial charge in [0.15, 0.2) is 16.7 Å². The Bertz CT molecular complexity index is 1010. The van der Waals surface area contributed by atoms with E-state index < -0.39 is 0 Å². The van der Waals surface area contributed by atoms with Crippen molar-refractivity contribution >= 4 is 52.3 Å². The van der Waals surface area contributed by atoms with Crippen molar-refractivity contribution in [2.24, 2.45) is 10.2 Å². The summed E-state index contributed by atoms with van der Waals surface area (Å²) in [5.41, 5.74) is 1.59. The Balaban J connectivity index is 1.65. The van der Waals surface area contributed by atoms with Gasteiger partial charge in [-0.2, -0.15) is 5.10 Å². The zero-order valence-corrected chi connectivity index (χ0v) is 18.4. The largest absolute Gasteiger partial charge is 0.493 e. The quantitative estimate of drug-likeness (QED) is 0.348. The second-order valence-corrected chi connectivity index (χ2v) is 8.23. The number of hydrogen-bond acceptors (Lipinski definition) is 6. The number of nitrogens with one attached hydrogen (secondary N) is 1. The molecule has 1 saturated heterocycles. The van der Waals surface area contributed by atoms with Gasteiger partial charge in [-0.3, -0.25) is 4.79 Å². The summed E-state index contributed by atoms with van der Waals surface area (Å²) < 4.78 is 10.8. The third kappa shape index (κ3) is 5.78. The number of amidine groups is 1. The van der Waals surface area contributed by atoms with E-state index in [9.17, 15) is 4.79 Å². The Morgan fingerprint density at radius 1 is 1.23 bits per heavy atom. The maximum atomic E-state index is 12.2. The van der Waals surface area contributed by atoms with Crippen LogP contribution in [0.4, 0.5) is 0 Å². The number of carbonyl (C=O) groups is 1. The minimum atomic E-state index is -0.351. The van der Waals surface area contributed by atoms with Crippen molar-refractivity contribution in [1.29, 1.82) is 0 Å². The summed E-state index contributed by atoms with van der Waals surface area (Å²) >= 11 is 13.5. The topological polar surface area (TPSA) is 72.3 Å². The molecule has 1 aliphatic heterocycles. The second-order valence-electron chi connectivity index (χ2n) is 6.20. The third-order valence-corrected chi connectivity index (χ3v) is 5.77. The SMILES string of the molecule is C=CCOc1ccc(/C=N/N=C2\NC(=O)C(Cc3cc(Cl)ccc3Cl)S2)cc1OC. The Hall–Kier alpha value is -2.48. The number of nitrogens with zero attached hydrogens (tertiary/aromatic N) is 2. The molecular formula is C21H19Cl2N3O3S. The molecule has 6 nitrogen and oxygen atoms in total. The molecule has 1 unspecified atom stereocenters. The highest BCUT2D eigenvalue weighted by atomic mass is 35.5. The average Bonchev–Trinajstić information content (AvgIpc) is 3.08. The average molecular weight is 464 g/mol. The lowest BCUT2D eigenvalue weighted by atomic mass is 10.1. The van der Waals surface area contributed by atoms with Crippen LogP contribution >= 0.6 is 35.0 Å². The van der Waals surface area contributed by atoms with Crippen LogP contribution in [0.15, 0.2) is 59.3 Å². The summed E-state index contributed by atoms with van der Waals surface area (Å²) in [5.74, 6) is 1.05. The molecule has 0 radical (unpaired) electrons. The lowest BCUT2D eigenvalue weighted by Gasteiger charge is -2.09. The van der Waals surface area contributed by atoms with Crippen molar-refractivity contribution in [3.8, 4) is 11.5 Å². The molecule has 1 heterocycles. The van der Waals surface area contributed by atoms with Crippen LogP contribution in [-0.2, 0) is 11.2 Å². The van der Waals surface area contributed by atoms with Crippen LogP contribution < -0.4 is 14.8 Å². The summed E-state index contributed by atoms with van der Waals surface area (Å²) in [6, 6.07) is 10.6. The molecule has 0 aromatic heterocycles. The highest BCUT2D eigenvalue weighted by Gasteiger charge is 2.31. The molecule has 30 heavy (non-hydrogen) atoms. The fourth-order valence-corrected chi connectivity index (χ4v) is 4.01. The van der Waals surface area contributed by atoms with Crippen LogP contribution in [0.2, 0.25) is 10.0 Å². The van der Waals surface area contributed by atoms with Crippen molar-refractivity contribution in [3.05, 3.63) is 70.2 Å². The monoisotopic (exact) mass is 463 g/mol. The molecule has 0 bridgehead atoms. The van der Waals surface area contributed by atoms with Crippen molar-refractivity contribution < 1.29 is 14.3 Å². The Labute approximate surface area is 189 Å². The van der Waals surface area contributed by atoms with E-state index >= 15 is 0 Å². The summed E-state index contributed by atoms with van der Waals surface area (Å²) in [6.07, 6.45) is 3.68. The Morgan fingerprint density at radius 2 is 2.07 bits per heavy atom. The first-order valence-electron chi connectivity index (χ1n) is 8.94. The van der Waals surface area contributed by atoms with E-state index in [2.05, 4.69) is 22.1 Å². The number of ether oxygens (including phenoxy) is 2. The van der Waals surface area contributed by atoms with Crippen LogP contribution in [0.25, 0.3) is 0 Å². The van der Waals surface area contributed by atoms with Gasteiger partial charge in [0, 0.05) is 10.0 Å². The number of rotatable bonds is 8. The van der Waals surface area contributed by atoms with Gasteiger partial charge < -0.3 is 14.8 Å². The lowest BCUT2D eigenvalue weighted by molar-refractivity contribution is -0.118. The van der Waals surface area contributed by atoms with E-state index in [4.69, 9.17) is 32.7 Å². The summed E-state index contributed by atoms with van der Waals surface area (Å²) in [4.78, 5) is 12.2. The first-order valence-corrected chi connectivity index (χ1v) is 10.6. The van der Waals surface area contributed by atoms with Gasteiger partial charge in [0.2, 0.25) is 5.91 Å². The number of amides is 1. The number of methoxy groups -OCH3 is 1. The highest BCUT2D eigenvalue weighted by Crippen LogP contribution is 2.29. The van der Waals surface area contributed by atoms with E-state index in [1.54, 1.807) is 49.7 Å². The van der Waals surface area contributed by atoms with Gasteiger partial charge in [0.25, 0.3) is 0 Å². The van der Waals surface area contributed by atoms with Crippen molar-refractivity contribution in [2.75, 3.05) is 13.7 Å². The van der Waals surface area contributed by atoms with E-state index in [1.807, 2.05) is 6.07 Å². The molecule has 1 fully saturated rings. The van der Waals surface area contributed by atoms with Crippen LogP contribution in [0.1, 0.15) is 11.1 Å². The molecule has 0 aliphatic carbocycles. The zero-order chi connectivity index (χ0) is 21.5. The van der Waals surface area contributed by atoms with E-state index in [0.29, 0.717) is 39.7 Å². The highest BCUT2D eigenvalue weighted by molar-refractivity contribution is 8.15. The van der Waals surface area contributed by atoms with Crippen molar-refractivity contribution in [3.63, 3.8) is 0 Å². The summed E-state index contributed by atoms with van der Waals surface area (Å²) in [5, 5.41) is 12.1. The van der Waals surface area contributed by atoms with Gasteiger partial charge in [0.05, 0.1) is 18.6 Å². The molecule has 9 heteroatoms. The van der Waals surface area contributed by atoms with Crippen LogP contribution in [0.3, 0.4) is 0 Å². The number of hydrogen-bond donors (Lipinski definition) is 1. The van der Waals surface area contributed by atoms with E-state index in [-0.39, 0.29) is 11.2 Å². The molecule has 1 atom stereocenters. The van der Waals surface area contributed by atoms with Gasteiger partial charge in [-0.25, -0.2) is 0 Å². The minimum Gasteiger partial charge on any atom is -0.493 e. The fourth-order valence-electron chi connectivity index (χ4n) is 2.67. The molecule has 0 saturated carbocycles. The predicted molar refractivity (Wildman–Crippen MR) is 123 cm³/mol. The van der Waals surface area contributed by atoms with Crippen LogP contribution in [0.5, 0.6) is 11.5 Å². The van der Waals surface area contributed by atoms with Crippen molar-refractivity contribution in [2.45, 2.75) is 11.7 Å². The zero-order valence-electron chi connectivity index (χ0n) is 16.1. The minimum absolute atomic E-state index is 0.143. The van der Waals surface area contributed by atoms with Gasteiger partial charge in [-0.15, -0.1) is 5.10 Å². The number of thioether (sulfide) groups is 1. The molecular weight excluding hydrogens is 445 g/mol. The molecule has 1 N–H and O–H groups in total. The predicted octanol–water partition coefficient (Wildman–Crippen LogP) is 4.73. The number of halogens is 2. The van der Waals surface area contributed by atoms with Crippen LogP contribution in [-0.4, -0.2) is 36.3 Å². The molecule has 156 valence electrons. The first kappa shape index (κ1) is 22.2. The maximum Gasteiger partial charge on any atom is 0.239 e. The Kier molecular flexibility index (Phi) is 7.79. The standard InChI is InChI=1S/C21H19Cl2N3O3S/c1-3-8-29-17-7-4-13(9-18(17)28-2)12-24-26-21-25-20(27)19(30-21)11-14-10-15(22)5-6-16(14)23/h3-7,9-10,12,19H,1,8,11H2,2H3,(H,25,26,27)/b24-12+. The summed E-state index contributed by atoms with van der Waals surface area (Å²) in [6.45, 7) is 4.01. The molecule has 2 aromatic carbocycles. The normalized spacial score (nSPS) is 17.4. The molecule has 0 spiro atoms. The molecule has 3 rings (SSSR count). The lowest BCUT2D eigenvalue weighted by Crippen LogP contribution is -2.26. The van der Waals surface area contributed by atoms with Gasteiger partial charge in [0.1, 0.15) is 6.61 Å². The molecule has 1 amide bonds.